The van der Waals surface area contributed by atoms with Gasteiger partial charge in [0.2, 0.25) is 5.91 Å². The number of rotatable bonds is 6. The highest BCUT2D eigenvalue weighted by Gasteiger charge is 2.23. The molecule has 0 atom stereocenters. The highest BCUT2D eigenvalue weighted by Crippen LogP contribution is 2.29. The zero-order chi connectivity index (χ0) is 18.9. The number of nitrogens with one attached hydrogen (secondary N) is 2. The van der Waals surface area contributed by atoms with E-state index in [1.807, 2.05) is 18.2 Å². The van der Waals surface area contributed by atoms with Crippen LogP contribution in [0, 0.1) is 11.8 Å². The van der Waals surface area contributed by atoms with Gasteiger partial charge in [-0.15, -0.1) is 24.0 Å². The molecule has 1 aliphatic carbocycles. The number of carbonyl (C=O) groups is 1. The molecule has 2 rings (SSSR count). The maximum atomic E-state index is 11.9. The summed E-state index contributed by atoms with van der Waals surface area (Å²) in [6.07, 6.45) is 4.85. The third-order valence-corrected chi connectivity index (χ3v) is 5.22. The Morgan fingerprint density at radius 1 is 1.15 bits per heavy atom. The molecule has 1 aliphatic rings. The lowest BCUT2D eigenvalue weighted by Crippen LogP contribution is -2.47. The Morgan fingerprint density at radius 3 is 2.33 bits per heavy atom. The molecule has 0 aliphatic heterocycles. The lowest BCUT2D eigenvalue weighted by atomic mass is 9.80. The van der Waals surface area contributed by atoms with Gasteiger partial charge in [0, 0.05) is 20.1 Å². The molecular weight excluding hydrogens is 451 g/mol. The molecule has 5 nitrogen and oxygen atoms in total. The molecule has 0 unspecified atom stereocenters. The van der Waals surface area contributed by atoms with E-state index in [0.717, 1.165) is 36.2 Å². The van der Waals surface area contributed by atoms with E-state index in [1.165, 1.54) is 12.8 Å². The van der Waals surface area contributed by atoms with E-state index >= 15 is 0 Å². The lowest BCUT2D eigenvalue weighted by Gasteiger charge is -2.32. The maximum absolute atomic E-state index is 11.9. The van der Waals surface area contributed by atoms with Crippen molar-refractivity contribution >= 4 is 35.8 Å². The summed E-state index contributed by atoms with van der Waals surface area (Å²) in [7, 11) is 3.54. The topological polar surface area (TPSA) is 56.7 Å². The predicted octanol–water partition coefficient (Wildman–Crippen LogP) is 3.64. The van der Waals surface area contributed by atoms with Crippen LogP contribution in [0.15, 0.2) is 35.3 Å². The van der Waals surface area contributed by atoms with E-state index in [0.29, 0.717) is 12.6 Å². The van der Waals surface area contributed by atoms with E-state index in [9.17, 15) is 4.79 Å². The van der Waals surface area contributed by atoms with Crippen molar-refractivity contribution in [2.75, 3.05) is 20.6 Å². The van der Waals surface area contributed by atoms with Gasteiger partial charge < -0.3 is 15.5 Å². The van der Waals surface area contributed by atoms with E-state index in [-0.39, 0.29) is 36.4 Å². The van der Waals surface area contributed by atoms with Crippen LogP contribution >= 0.6 is 24.0 Å². The van der Waals surface area contributed by atoms with Crippen molar-refractivity contribution in [2.45, 2.75) is 52.1 Å². The second-order valence-electron chi connectivity index (χ2n) is 7.79. The third kappa shape index (κ3) is 8.49. The van der Waals surface area contributed by atoms with E-state index in [1.54, 1.807) is 19.0 Å². The van der Waals surface area contributed by atoms with Gasteiger partial charge in [0.15, 0.2) is 5.96 Å². The number of carbonyl (C=O) groups excluding carboxylic acids is 1. The van der Waals surface area contributed by atoms with Gasteiger partial charge in [-0.2, -0.15) is 0 Å². The van der Waals surface area contributed by atoms with Crippen molar-refractivity contribution in [3.63, 3.8) is 0 Å². The number of halogens is 1. The summed E-state index contributed by atoms with van der Waals surface area (Å²) >= 11 is 0. The molecule has 0 spiro atoms. The van der Waals surface area contributed by atoms with Crippen molar-refractivity contribution in [1.29, 1.82) is 0 Å². The average Bonchev–Trinajstić information content (AvgIpc) is 2.64. The van der Waals surface area contributed by atoms with Gasteiger partial charge in [0.05, 0.1) is 13.1 Å². The van der Waals surface area contributed by atoms with Crippen molar-refractivity contribution in [2.24, 2.45) is 16.8 Å². The molecule has 2 N–H and O–H groups in total. The molecule has 0 bridgehead atoms. The summed E-state index contributed by atoms with van der Waals surface area (Å²) in [4.78, 5) is 18.2. The van der Waals surface area contributed by atoms with E-state index < -0.39 is 0 Å². The molecule has 1 amide bonds. The molecule has 1 fully saturated rings. The highest BCUT2D eigenvalue weighted by atomic mass is 127. The first-order valence-electron chi connectivity index (χ1n) is 9.74. The van der Waals surface area contributed by atoms with Crippen LogP contribution in [0.3, 0.4) is 0 Å². The Labute approximate surface area is 181 Å². The van der Waals surface area contributed by atoms with Gasteiger partial charge in [-0.1, -0.05) is 44.2 Å². The minimum absolute atomic E-state index is 0. The van der Waals surface area contributed by atoms with E-state index in [2.05, 4.69) is 36.6 Å². The number of nitrogens with zero attached hydrogens (tertiary/aromatic N) is 2. The summed E-state index contributed by atoms with van der Waals surface area (Å²) in [6.45, 7) is 5.50. The molecule has 1 aromatic carbocycles. The van der Waals surface area contributed by atoms with Gasteiger partial charge >= 0.3 is 0 Å². The Morgan fingerprint density at radius 2 is 1.78 bits per heavy atom. The maximum Gasteiger partial charge on any atom is 0.241 e. The zero-order valence-corrected chi connectivity index (χ0v) is 19.4. The first kappa shape index (κ1) is 23.7. The number of aliphatic imine (C=N–C) groups is 1. The molecule has 152 valence electrons. The Hall–Kier alpha value is -1.31. The van der Waals surface area contributed by atoms with Gasteiger partial charge in [0.25, 0.3) is 0 Å². The molecule has 1 aromatic rings. The second kappa shape index (κ2) is 12.2. The number of guanidine groups is 1. The summed E-state index contributed by atoms with van der Waals surface area (Å²) in [5.74, 6) is 2.37. The van der Waals surface area contributed by atoms with Gasteiger partial charge in [-0.25, -0.2) is 4.99 Å². The third-order valence-electron chi connectivity index (χ3n) is 5.22. The van der Waals surface area contributed by atoms with Crippen LogP contribution in [-0.4, -0.2) is 43.4 Å². The summed E-state index contributed by atoms with van der Waals surface area (Å²) in [6, 6.07) is 10.6. The zero-order valence-electron chi connectivity index (χ0n) is 17.1. The number of likely N-dealkylation sites (N-methyl/N-ethyl adjacent to an activating group) is 1. The summed E-state index contributed by atoms with van der Waals surface area (Å²) < 4.78 is 0. The fourth-order valence-corrected chi connectivity index (χ4v) is 3.35. The van der Waals surface area contributed by atoms with Crippen LogP contribution in [0.25, 0.3) is 0 Å². The summed E-state index contributed by atoms with van der Waals surface area (Å²) in [5.41, 5.74) is 1.16. The van der Waals surface area contributed by atoms with Crippen LogP contribution in [-0.2, 0) is 11.3 Å². The Balaban J connectivity index is 0.00000364. The van der Waals surface area contributed by atoms with Crippen LogP contribution in [0.4, 0.5) is 0 Å². The highest BCUT2D eigenvalue weighted by molar-refractivity contribution is 14.0. The monoisotopic (exact) mass is 486 g/mol. The van der Waals surface area contributed by atoms with Crippen LogP contribution < -0.4 is 10.6 Å². The van der Waals surface area contributed by atoms with Crippen molar-refractivity contribution in [3.05, 3.63) is 35.9 Å². The molecule has 0 aromatic heterocycles. The normalized spacial score (nSPS) is 20.0. The van der Waals surface area contributed by atoms with Crippen molar-refractivity contribution in [3.8, 4) is 0 Å². The minimum Gasteiger partial charge on any atom is -0.354 e. The Bertz CT molecular complexity index is 581. The molecule has 1 saturated carbocycles. The number of hydrogen-bond donors (Lipinski definition) is 2. The molecule has 0 saturated heterocycles. The van der Waals surface area contributed by atoms with Crippen LogP contribution in [0.2, 0.25) is 0 Å². The minimum atomic E-state index is 0. The van der Waals surface area contributed by atoms with Crippen LogP contribution in [0.1, 0.15) is 45.1 Å². The smallest absolute Gasteiger partial charge is 0.241 e. The molecular formula is C21H35IN4O. The second-order valence-corrected chi connectivity index (χ2v) is 7.79. The SMILES string of the molecule is CC(C)C1CCC(NC(=NCc2ccccc2)NCC(=O)N(C)C)CC1.I. The fourth-order valence-electron chi connectivity index (χ4n) is 3.35. The van der Waals surface area contributed by atoms with E-state index in [4.69, 9.17) is 4.99 Å². The largest absolute Gasteiger partial charge is 0.354 e. The molecule has 0 radical (unpaired) electrons. The standard InChI is InChI=1S/C21H34N4O.HI/c1-16(2)18-10-12-19(13-11-18)24-21(23-15-20(26)25(3)4)22-14-17-8-6-5-7-9-17;/h5-9,16,18-19H,10-15H2,1-4H3,(H2,22,23,24);1H. The summed E-state index contributed by atoms with van der Waals surface area (Å²) in [5, 5.41) is 6.75. The number of amides is 1. The van der Waals surface area contributed by atoms with Crippen LogP contribution in [0.5, 0.6) is 0 Å². The molecule has 0 heterocycles. The predicted molar refractivity (Wildman–Crippen MR) is 123 cm³/mol. The lowest BCUT2D eigenvalue weighted by molar-refractivity contribution is -0.127. The first-order chi connectivity index (χ1) is 12.5. The van der Waals surface area contributed by atoms with Crippen molar-refractivity contribution in [1.82, 2.24) is 15.5 Å². The fraction of sp³-hybridized carbons (Fsp3) is 0.619. The average molecular weight is 486 g/mol. The molecule has 27 heavy (non-hydrogen) atoms. The Kier molecular flexibility index (Phi) is 10.7. The van der Waals surface area contributed by atoms with Crippen molar-refractivity contribution < 1.29 is 4.79 Å². The quantitative estimate of drug-likeness (QED) is 0.367. The van der Waals surface area contributed by atoms with Gasteiger partial charge in [-0.3, -0.25) is 4.79 Å². The number of hydrogen-bond acceptors (Lipinski definition) is 2. The first-order valence-corrected chi connectivity index (χ1v) is 9.74. The van der Waals surface area contributed by atoms with Gasteiger partial charge in [-0.05, 0) is 43.1 Å². The number of benzene rings is 1. The van der Waals surface area contributed by atoms with Gasteiger partial charge in [0.1, 0.15) is 0 Å². The molecule has 6 heteroatoms.